The maximum atomic E-state index is 12.1. The zero-order valence-corrected chi connectivity index (χ0v) is 37.1. The lowest BCUT2D eigenvalue weighted by molar-refractivity contribution is 0.104. The molecule has 0 spiro atoms. The van der Waals surface area contributed by atoms with E-state index >= 15 is 0 Å². The molecule has 53 heavy (non-hydrogen) atoms. The Morgan fingerprint density at radius 2 is 1.19 bits per heavy atom. The first kappa shape index (κ1) is 39.2. The van der Waals surface area contributed by atoms with Gasteiger partial charge in [0.2, 0.25) is 0 Å². The summed E-state index contributed by atoms with van der Waals surface area (Å²) in [7, 11) is 0. The quantitative estimate of drug-likeness (QED) is 0.206. The smallest absolute Gasteiger partial charge is 0.409 e. The van der Waals surface area contributed by atoms with Crippen molar-refractivity contribution in [3.8, 4) is 0 Å². The number of aromatic nitrogens is 2. The molecule has 4 aliphatic rings. The van der Waals surface area contributed by atoms with E-state index in [1.165, 1.54) is 55.7 Å². The molecule has 2 aromatic heterocycles. The Labute approximate surface area is 354 Å². The van der Waals surface area contributed by atoms with E-state index in [-0.39, 0.29) is 6.09 Å². The number of nitrogens with zero attached hydrogens (tertiary/aromatic N) is 3. The summed E-state index contributed by atoms with van der Waals surface area (Å²) in [5.41, 5.74) is 15.1. The third-order valence-electron chi connectivity index (χ3n) is 10.4. The molecular formula is C41H38Br4Cl2N4O2. The Morgan fingerprint density at radius 1 is 0.717 bits per heavy atom. The summed E-state index contributed by atoms with van der Waals surface area (Å²) in [5.74, 6) is 0. The second-order valence-corrected chi connectivity index (χ2v) is 17.7. The van der Waals surface area contributed by atoms with E-state index in [9.17, 15) is 4.79 Å². The van der Waals surface area contributed by atoms with E-state index < -0.39 is 0 Å². The first-order valence-electron chi connectivity index (χ1n) is 17.9. The fourth-order valence-corrected chi connectivity index (χ4v) is 10.0. The third kappa shape index (κ3) is 8.40. The predicted octanol–water partition coefficient (Wildman–Crippen LogP) is 12.0. The van der Waals surface area contributed by atoms with Gasteiger partial charge in [-0.15, -0.1) is 0 Å². The van der Waals surface area contributed by atoms with Gasteiger partial charge in [-0.2, -0.15) is 0 Å². The summed E-state index contributed by atoms with van der Waals surface area (Å²) in [6.45, 7) is 5.63. The number of halogens is 6. The fraction of sp³-hybridized carbons (Fsp3) is 0.341. The number of carbonyl (C=O) groups is 1. The molecule has 0 unspecified atom stereocenters. The molecule has 0 radical (unpaired) electrons. The van der Waals surface area contributed by atoms with Gasteiger partial charge in [0.1, 0.15) is 0 Å². The number of rotatable bonds is 1. The van der Waals surface area contributed by atoms with Crippen molar-refractivity contribution < 1.29 is 9.53 Å². The molecule has 2 aromatic carbocycles. The molecule has 2 saturated heterocycles. The van der Waals surface area contributed by atoms with Gasteiger partial charge < -0.3 is 15.0 Å². The van der Waals surface area contributed by atoms with Crippen molar-refractivity contribution >= 4 is 104 Å². The number of ether oxygens (including phenoxy) is 1. The van der Waals surface area contributed by atoms with Crippen LogP contribution in [-0.4, -0.2) is 53.7 Å². The van der Waals surface area contributed by atoms with Crippen LogP contribution in [0, 0.1) is 0 Å². The van der Waals surface area contributed by atoms with Gasteiger partial charge in [-0.05, 0) is 193 Å². The van der Waals surface area contributed by atoms with Crippen molar-refractivity contribution in [3.05, 3.63) is 133 Å². The number of pyridine rings is 2. The van der Waals surface area contributed by atoms with Crippen LogP contribution in [-0.2, 0) is 30.4 Å². The van der Waals surface area contributed by atoms with E-state index in [0.717, 1.165) is 104 Å². The minimum atomic E-state index is -0.227. The lowest BCUT2D eigenvalue weighted by atomic mass is 9.88. The van der Waals surface area contributed by atoms with Crippen molar-refractivity contribution in [1.82, 2.24) is 20.2 Å². The van der Waals surface area contributed by atoms with Crippen LogP contribution in [0.1, 0.15) is 77.4 Å². The molecule has 12 heteroatoms. The summed E-state index contributed by atoms with van der Waals surface area (Å²) in [4.78, 5) is 23.5. The van der Waals surface area contributed by atoms with Crippen LogP contribution in [0.2, 0.25) is 10.0 Å². The van der Waals surface area contributed by atoms with Gasteiger partial charge in [0.15, 0.2) is 0 Å². The van der Waals surface area contributed by atoms with Gasteiger partial charge in [-0.3, -0.25) is 9.97 Å². The molecule has 4 heterocycles. The maximum absolute atomic E-state index is 12.1. The van der Waals surface area contributed by atoms with E-state index in [1.54, 1.807) is 4.90 Å². The number of nitrogens with one attached hydrogen (secondary N) is 1. The lowest BCUT2D eigenvalue weighted by Crippen LogP contribution is -2.37. The van der Waals surface area contributed by atoms with Crippen LogP contribution in [0.5, 0.6) is 0 Å². The number of piperidine rings is 2. The molecular weight excluding hydrogens is 971 g/mol. The Balaban J connectivity index is 0.000000167. The summed E-state index contributed by atoms with van der Waals surface area (Å²) >= 11 is 27.3. The number of hydrogen-bond acceptors (Lipinski definition) is 5. The summed E-state index contributed by atoms with van der Waals surface area (Å²) < 4.78 is 9.19. The normalized spacial score (nSPS) is 16.7. The largest absolute Gasteiger partial charge is 0.450 e. The molecule has 8 rings (SSSR count). The number of fused-ring (bicyclic) bond motifs is 4. The summed E-state index contributed by atoms with van der Waals surface area (Å²) in [5, 5.41) is 4.96. The number of hydrogen-bond donors (Lipinski definition) is 1. The molecule has 1 N–H and O–H groups in total. The molecule has 2 aliphatic heterocycles. The Kier molecular flexibility index (Phi) is 12.9. The van der Waals surface area contributed by atoms with Crippen LogP contribution < -0.4 is 5.32 Å². The molecule has 2 aliphatic carbocycles. The average molecular weight is 1010 g/mol. The van der Waals surface area contributed by atoms with Crippen molar-refractivity contribution in [2.75, 3.05) is 32.8 Å². The summed E-state index contributed by atoms with van der Waals surface area (Å²) in [6, 6.07) is 12.6. The van der Waals surface area contributed by atoms with Gasteiger partial charge in [0.05, 0.1) is 28.0 Å². The van der Waals surface area contributed by atoms with Crippen LogP contribution >= 0.6 is 86.9 Å². The monoisotopic (exact) mass is 1000 g/mol. The minimum Gasteiger partial charge on any atom is -0.450 e. The topological polar surface area (TPSA) is 67.3 Å². The Hall–Kier alpha value is -2.05. The second-order valence-electron chi connectivity index (χ2n) is 13.5. The SMILES string of the molecule is CCOC(=O)N1CCC(=C2c3ccc(Cl)c(Br)c3CCc3cc(Br)cnc32)CC1.Clc1ccc2c(c1Br)CCc1cc(Br)cnc1C2=C1CCNCC1. The van der Waals surface area contributed by atoms with Gasteiger partial charge in [-0.1, -0.05) is 46.5 Å². The highest BCUT2D eigenvalue weighted by Gasteiger charge is 2.29. The van der Waals surface area contributed by atoms with Gasteiger partial charge in [-0.25, -0.2) is 4.79 Å². The van der Waals surface area contributed by atoms with Crippen LogP contribution in [0.25, 0.3) is 11.1 Å². The zero-order chi connectivity index (χ0) is 37.2. The second kappa shape index (κ2) is 17.4. The molecule has 0 bridgehead atoms. The molecule has 0 saturated carbocycles. The van der Waals surface area contributed by atoms with Gasteiger partial charge >= 0.3 is 6.09 Å². The van der Waals surface area contributed by atoms with Gasteiger partial charge in [0, 0.05) is 54.5 Å². The first-order chi connectivity index (χ1) is 25.6. The molecule has 2 fully saturated rings. The Morgan fingerprint density at radius 3 is 1.66 bits per heavy atom. The van der Waals surface area contributed by atoms with E-state index in [1.807, 2.05) is 31.5 Å². The average Bonchev–Trinajstić information content (AvgIpc) is 3.43. The Bertz CT molecular complexity index is 2140. The summed E-state index contributed by atoms with van der Waals surface area (Å²) in [6.07, 6.45) is 11.1. The van der Waals surface area contributed by atoms with E-state index in [0.29, 0.717) is 19.7 Å². The van der Waals surface area contributed by atoms with Crippen molar-refractivity contribution in [1.29, 1.82) is 0 Å². The number of carbonyl (C=O) groups excluding carboxylic acids is 1. The van der Waals surface area contributed by atoms with Crippen molar-refractivity contribution in [2.45, 2.75) is 58.3 Å². The van der Waals surface area contributed by atoms with Crippen LogP contribution in [0.15, 0.2) is 77.8 Å². The van der Waals surface area contributed by atoms with Gasteiger partial charge in [0.25, 0.3) is 0 Å². The zero-order valence-electron chi connectivity index (χ0n) is 29.2. The maximum Gasteiger partial charge on any atom is 0.409 e. The molecule has 4 aromatic rings. The van der Waals surface area contributed by atoms with E-state index in [2.05, 4.69) is 93.3 Å². The van der Waals surface area contributed by atoms with Crippen LogP contribution in [0.3, 0.4) is 0 Å². The first-order valence-corrected chi connectivity index (χ1v) is 21.9. The molecule has 1 amide bonds. The number of benzene rings is 2. The number of amides is 1. The molecule has 6 nitrogen and oxygen atoms in total. The standard InChI is InChI=1S/C22H21Br2ClN2O2.C19H17Br2ClN2/c1-2-29-22(28)27-9-7-13(8-10-27)19-16-5-6-18(25)20(24)17(16)4-3-14-11-15(23)12-26-21(14)19;20-13-9-12-1-2-15-14(3-4-16(22)18(15)21)17(19(12)24-10-13)11-5-7-23-8-6-11/h5-6,11-12H,2-4,7-10H2,1H3;3-4,9-10,23H,1-2,5-8H2. The lowest BCUT2D eigenvalue weighted by Gasteiger charge is -2.29. The third-order valence-corrected chi connectivity index (χ3v) is 14.1. The molecule has 276 valence electrons. The predicted molar refractivity (Wildman–Crippen MR) is 229 cm³/mol. The number of aryl methyl sites for hydroxylation is 2. The number of likely N-dealkylation sites (tertiary alicyclic amines) is 1. The highest BCUT2D eigenvalue weighted by molar-refractivity contribution is 9.11. The highest BCUT2D eigenvalue weighted by atomic mass is 79.9. The van der Waals surface area contributed by atoms with Crippen molar-refractivity contribution in [3.63, 3.8) is 0 Å². The van der Waals surface area contributed by atoms with Crippen molar-refractivity contribution in [2.24, 2.45) is 0 Å². The fourth-order valence-electron chi connectivity index (χ4n) is 7.83. The molecule has 0 atom stereocenters. The van der Waals surface area contributed by atoms with Crippen LogP contribution in [0.4, 0.5) is 4.79 Å². The van der Waals surface area contributed by atoms with E-state index in [4.69, 9.17) is 37.9 Å². The minimum absolute atomic E-state index is 0.227. The highest BCUT2D eigenvalue weighted by Crippen LogP contribution is 2.44.